The van der Waals surface area contributed by atoms with Crippen LogP contribution in [0.25, 0.3) is 11.0 Å². The summed E-state index contributed by atoms with van der Waals surface area (Å²) in [4.78, 5) is 26.3. The Labute approximate surface area is 152 Å². The Bertz CT molecular complexity index is 941. The highest BCUT2D eigenvalue weighted by molar-refractivity contribution is 5.92. The predicted octanol–water partition coefficient (Wildman–Crippen LogP) is 3.62. The molecule has 2 aromatic heterocycles. The van der Waals surface area contributed by atoms with Gasteiger partial charge < -0.3 is 9.32 Å². The Morgan fingerprint density at radius 3 is 2.77 bits per heavy atom. The zero-order chi connectivity index (χ0) is 18.7. The van der Waals surface area contributed by atoms with Gasteiger partial charge >= 0.3 is 0 Å². The highest BCUT2D eigenvalue weighted by Crippen LogP contribution is 2.27. The Kier molecular flexibility index (Phi) is 5.21. The molecule has 0 saturated carbocycles. The van der Waals surface area contributed by atoms with E-state index >= 15 is 0 Å². The molecule has 6 heteroatoms. The summed E-state index contributed by atoms with van der Waals surface area (Å²) in [6.45, 7) is 4.46. The SMILES string of the molecule is CCCCn1nc(C(=O)N(C)C(C)c2cc3ccccc3o2)ccc1=O. The highest BCUT2D eigenvalue weighted by Gasteiger charge is 2.23. The number of benzene rings is 1. The number of aromatic nitrogens is 2. The quantitative estimate of drug-likeness (QED) is 0.679. The van der Waals surface area contributed by atoms with Crippen LogP contribution in [0.4, 0.5) is 0 Å². The molecule has 0 aliphatic rings. The minimum absolute atomic E-state index is 0.192. The van der Waals surface area contributed by atoms with E-state index in [-0.39, 0.29) is 23.2 Å². The van der Waals surface area contributed by atoms with Crippen LogP contribution in [0.3, 0.4) is 0 Å². The maximum absolute atomic E-state index is 12.8. The van der Waals surface area contributed by atoms with Crippen LogP contribution in [-0.2, 0) is 6.54 Å². The second-order valence-electron chi connectivity index (χ2n) is 6.41. The standard InChI is InChI=1S/C20H23N3O3/c1-4-5-12-23-19(24)11-10-16(21-23)20(25)22(3)14(2)18-13-15-8-6-7-9-17(15)26-18/h6-11,13-14H,4-5,12H2,1-3H3. The van der Waals surface area contributed by atoms with Gasteiger partial charge in [0.25, 0.3) is 11.5 Å². The highest BCUT2D eigenvalue weighted by atomic mass is 16.3. The molecule has 1 aromatic carbocycles. The Morgan fingerprint density at radius 1 is 1.27 bits per heavy atom. The molecule has 3 rings (SSSR count). The molecule has 0 fully saturated rings. The third-order valence-electron chi connectivity index (χ3n) is 4.57. The van der Waals surface area contributed by atoms with Gasteiger partial charge in [-0.1, -0.05) is 31.5 Å². The van der Waals surface area contributed by atoms with E-state index in [0.29, 0.717) is 12.3 Å². The lowest BCUT2D eigenvalue weighted by Crippen LogP contribution is -2.32. The fourth-order valence-corrected chi connectivity index (χ4v) is 2.79. The third kappa shape index (κ3) is 3.54. The van der Waals surface area contributed by atoms with Crippen LogP contribution in [0, 0.1) is 0 Å². The molecule has 136 valence electrons. The zero-order valence-electron chi connectivity index (χ0n) is 15.3. The lowest BCUT2D eigenvalue weighted by atomic mass is 10.2. The van der Waals surface area contributed by atoms with Gasteiger partial charge in [-0.25, -0.2) is 4.68 Å². The third-order valence-corrected chi connectivity index (χ3v) is 4.57. The maximum atomic E-state index is 12.8. The lowest BCUT2D eigenvalue weighted by molar-refractivity contribution is 0.0718. The fourth-order valence-electron chi connectivity index (χ4n) is 2.79. The van der Waals surface area contributed by atoms with Gasteiger partial charge in [0, 0.05) is 25.0 Å². The molecule has 0 radical (unpaired) electrons. The fraction of sp³-hybridized carbons (Fsp3) is 0.350. The van der Waals surface area contributed by atoms with E-state index in [0.717, 1.165) is 23.8 Å². The molecular formula is C20H23N3O3. The van der Waals surface area contributed by atoms with Gasteiger partial charge in [-0.05, 0) is 31.5 Å². The summed E-state index contributed by atoms with van der Waals surface area (Å²) < 4.78 is 7.22. The Morgan fingerprint density at radius 2 is 2.04 bits per heavy atom. The number of fused-ring (bicyclic) bond motifs is 1. The van der Waals surface area contributed by atoms with Crippen LogP contribution in [0.2, 0.25) is 0 Å². The molecule has 0 N–H and O–H groups in total. The van der Waals surface area contributed by atoms with Crippen LogP contribution in [-0.4, -0.2) is 27.6 Å². The smallest absolute Gasteiger partial charge is 0.274 e. The van der Waals surface area contributed by atoms with Gasteiger partial charge in [-0.15, -0.1) is 0 Å². The van der Waals surface area contributed by atoms with Crippen molar-refractivity contribution in [2.45, 2.75) is 39.3 Å². The second-order valence-corrected chi connectivity index (χ2v) is 6.41. The van der Waals surface area contributed by atoms with E-state index in [1.807, 2.05) is 44.2 Å². The summed E-state index contributed by atoms with van der Waals surface area (Å²) in [6, 6.07) is 12.3. The molecule has 0 aliphatic carbocycles. The second kappa shape index (κ2) is 7.56. The molecule has 0 spiro atoms. The van der Waals surface area contributed by atoms with Gasteiger partial charge in [0.2, 0.25) is 0 Å². The Balaban J connectivity index is 1.83. The van der Waals surface area contributed by atoms with E-state index < -0.39 is 0 Å². The van der Waals surface area contributed by atoms with Crippen LogP contribution in [0.5, 0.6) is 0 Å². The number of amides is 1. The monoisotopic (exact) mass is 353 g/mol. The summed E-state index contributed by atoms with van der Waals surface area (Å²) in [5.74, 6) is 0.463. The van der Waals surface area contributed by atoms with Crippen molar-refractivity contribution >= 4 is 16.9 Å². The lowest BCUT2D eigenvalue weighted by Gasteiger charge is -2.23. The van der Waals surface area contributed by atoms with E-state index in [9.17, 15) is 9.59 Å². The normalized spacial score (nSPS) is 12.3. The number of rotatable bonds is 6. The number of carbonyl (C=O) groups excluding carboxylic acids is 1. The minimum atomic E-state index is -0.257. The molecule has 26 heavy (non-hydrogen) atoms. The number of carbonyl (C=O) groups is 1. The number of nitrogens with zero attached hydrogens (tertiary/aromatic N) is 3. The van der Waals surface area contributed by atoms with Gasteiger partial charge in [-0.2, -0.15) is 5.10 Å². The zero-order valence-corrected chi connectivity index (χ0v) is 15.3. The summed E-state index contributed by atoms with van der Waals surface area (Å²) in [7, 11) is 1.71. The first-order chi connectivity index (χ1) is 12.5. The van der Waals surface area contributed by atoms with Crippen molar-refractivity contribution in [3.05, 3.63) is 64.3 Å². The number of para-hydroxylation sites is 1. The van der Waals surface area contributed by atoms with Crippen molar-refractivity contribution in [2.75, 3.05) is 7.05 Å². The van der Waals surface area contributed by atoms with Crippen molar-refractivity contribution in [1.29, 1.82) is 0 Å². The van der Waals surface area contributed by atoms with Crippen LogP contribution >= 0.6 is 0 Å². The summed E-state index contributed by atoms with van der Waals surface area (Å²) in [5, 5.41) is 5.23. The summed E-state index contributed by atoms with van der Waals surface area (Å²) in [6.07, 6.45) is 1.80. The number of hydrogen-bond acceptors (Lipinski definition) is 4. The average Bonchev–Trinajstić information content (AvgIpc) is 3.09. The molecule has 1 atom stereocenters. The largest absolute Gasteiger partial charge is 0.459 e. The van der Waals surface area contributed by atoms with E-state index in [4.69, 9.17) is 4.42 Å². The topological polar surface area (TPSA) is 68.3 Å². The van der Waals surface area contributed by atoms with Gasteiger partial charge in [0.05, 0.1) is 6.04 Å². The Hall–Kier alpha value is -2.89. The number of aryl methyl sites for hydroxylation is 1. The van der Waals surface area contributed by atoms with Crippen molar-refractivity contribution < 1.29 is 9.21 Å². The number of hydrogen-bond donors (Lipinski definition) is 0. The van der Waals surface area contributed by atoms with Crippen molar-refractivity contribution in [2.24, 2.45) is 0 Å². The maximum Gasteiger partial charge on any atom is 0.274 e. The number of unbranched alkanes of at least 4 members (excludes halogenated alkanes) is 1. The van der Waals surface area contributed by atoms with Crippen LogP contribution < -0.4 is 5.56 Å². The van der Waals surface area contributed by atoms with Crippen molar-refractivity contribution in [3.63, 3.8) is 0 Å². The first-order valence-corrected chi connectivity index (χ1v) is 8.85. The van der Waals surface area contributed by atoms with E-state index in [1.165, 1.54) is 16.8 Å². The predicted molar refractivity (Wildman–Crippen MR) is 100 cm³/mol. The summed E-state index contributed by atoms with van der Waals surface area (Å²) >= 11 is 0. The van der Waals surface area contributed by atoms with E-state index in [2.05, 4.69) is 5.10 Å². The van der Waals surface area contributed by atoms with Gasteiger partial charge in [0.1, 0.15) is 17.0 Å². The molecule has 0 saturated heterocycles. The molecule has 1 amide bonds. The molecular weight excluding hydrogens is 330 g/mol. The molecule has 3 aromatic rings. The van der Waals surface area contributed by atoms with Gasteiger partial charge in [0.15, 0.2) is 0 Å². The molecule has 2 heterocycles. The molecule has 0 aliphatic heterocycles. The summed E-state index contributed by atoms with van der Waals surface area (Å²) in [5.41, 5.74) is 0.857. The van der Waals surface area contributed by atoms with Crippen molar-refractivity contribution in [3.8, 4) is 0 Å². The first kappa shape index (κ1) is 17.9. The van der Waals surface area contributed by atoms with Crippen LogP contribution in [0.1, 0.15) is 49.0 Å². The average molecular weight is 353 g/mol. The molecule has 0 bridgehead atoms. The van der Waals surface area contributed by atoms with Gasteiger partial charge in [-0.3, -0.25) is 9.59 Å². The minimum Gasteiger partial charge on any atom is -0.459 e. The molecule has 6 nitrogen and oxygen atoms in total. The van der Waals surface area contributed by atoms with E-state index in [1.54, 1.807) is 11.9 Å². The first-order valence-electron chi connectivity index (χ1n) is 8.85. The van der Waals surface area contributed by atoms with Crippen molar-refractivity contribution in [1.82, 2.24) is 14.7 Å². The number of furan rings is 1. The van der Waals surface area contributed by atoms with Crippen LogP contribution in [0.15, 0.2) is 51.7 Å². The molecule has 1 unspecified atom stereocenters.